The molecule has 2 aliphatic rings. The summed E-state index contributed by atoms with van der Waals surface area (Å²) in [7, 11) is 0. The Hall–Kier alpha value is -0.410. The van der Waals surface area contributed by atoms with Gasteiger partial charge in [0.25, 0.3) is 0 Å². The van der Waals surface area contributed by atoms with Crippen LogP contribution in [0.1, 0.15) is 44.9 Å². The number of ketones is 1. The molecule has 15 heavy (non-hydrogen) atoms. The fourth-order valence-electron chi connectivity index (χ4n) is 2.98. The van der Waals surface area contributed by atoms with Crippen LogP contribution in [-0.2, 0) is 4.79 Å². The lowest BCUT2D eigenvalue weighted by molar-refractivity contribution is -0.122. The molecule has 0 bridgehead atoms. The molecule has 1 aliphatic carbocycles. The summed E-state index contributed by atoms with van der Waals surface area (Å²) in [6, 6.07) is 0.735. The van der Waals surface area contributed by atoms with Crippen LogP contribution in [0.25, 0.3) is 0 Å². The Labute approximate surface area is 91.5 Å². The smallest absolute Gasteiger partial charge is 0.134 e. The van der Waals surface area contributed by atoms with Crippen molar-refractivity contribution in [3.05, 3.63) is 0 Å². The van der Waals surface area contributed by atoms with Gasteiger partial charge in [0.15, 0.2) is 0 Å². The van der Waals surface area contributed by atoms with E-state index < -0.39 is 0 Å². The predicted octanol–water partition coefficient (Wildman–Crippen LogP) is 1.34. The first-order chi connectivity index (χ1) is 7.31. The Kier molecular flexibility index (Phi) is 3.76. The number of carbonyl (C=O) groups is 1. The molecule has 1 saturated carbocycles. The van der Waals surface area contributed by atoms with Crippen LogP contribution in [0.15, 0.2) is 0 Å². The quantitative estimate of drug-likeness (QED) is 0.749. The number of likely N-dealkylation sites (tertiary alicyclic amines) is 1. The van der Waals surface area contributed by atoms with Crippen molar-refractivity contribution in [2.24, 2.45) is 0 Å². The van der Waals surface area contributed by atoms with Crippen LogP contribution in [0.5, 0.6) is 0 Å². The van der Waals surface area contributed by atoms with Crippen LogP contribution < -0.4 is 0 Å². The molecule has 3 nitrogen and oxygen atoms in total. The molecule has 86 valence electrons. The third kappa shape index (κ3) is 2.58. The summed E-state index contributed by atoms with van der Waals surface area (Å²) in [6.45, 7) is 1.33. The number of nitrogens with zero attached hydrogens (tertiary/aromatic N) is 1. The van der Waals surface area contributed by atoms with E-state index >= 15 is 0 Å². The number of Topliss-reactive ketones (excluding diaryl/α,β-unsaturated/α-hetero) is 1. The van der Waals surface area contributed by atoms with Crippen LogP contribution in [0.2, 0.25) is 0 Å². The fraction of sp³-hybridized carbons (Fsp3) is 0.917. The van der Waals surface area contributed by atoms with Crippen molar-refractivity contribution in [1.82, 2.24) is 4.90 Å². The van der Waals surface area contributed by atoms with Crippen LogP contribution >= 0.6 is 0 Å². The van der Waals surface area contributed by atoms with E-state index in [0.29, 0.717) is 17.9 Å². The lowest BCUT2D eigenvalue weighted by Gasteiger charge is -2.41. The summed E-state index contributed by atoms with van der Waals surface area (Å²) < 4.78 is 0. The minimum Gasteiger partial charge on any atom is -0.395 e. The van der Waals surface area contributed by atoms with E-state index in [2.05, 4.69) is 4.90 Å². The Morgan fingerprint density at radius 2 is 2.13 bits per heavy atom. The van der Waals surface area contributed by atoms with Crippen LogP contribution in [-0.4, -0.2) is 41.0 Å². The van der Waals surface area contributed by atoms with Crippen molar-refractivity contribution in [3.63, 3.8) is 0 Å². The van der Waals surface area contributed by atoms with Crippen molar-refractivity contribution in [1.29, 1.82) is 0 Å². The maximum absolute atomic E-state index is 11.4. The van der Waals surface area contributed by atoms with Crippen molar-refractivity contribution < 1.29 is 9.90 Å². The highest BCUT2D eigenvalue weighted by Crippen LogP contribution is 2.26. The molecule has 0 amide bonds. The van der Waals surface area contributed by atoms with E-state index in [1.54, 1.807) is 0 Å². The molecule has 1 N–H and O–H groups in total. The Balaban J connectivity index is 1.97. The lowest BCUT2D eigenvalue weighted by Crippen LogP contribution is -2.49. The van der Waals surface area contributed by atoms with Gasteiger partial charge in [-0.3, -0.25) is 9.69 Å². The molecule has 0 aromatic heterocycles. The molecule has 0 aromatic rings. The highest BCUT2D eigenvalue weighted by atomic mass is 16.3. The number of aliphatic hydroxyl groups is 1. The fourth-order valence-corrected chi connectivity index (χ4v) is 2.98. The van der Waals surface area contributed by atoms with Crippen molar-refractivity contribution in [3.8, 4) is 0 Å². The minimum absolute atomic E-state index is 0.255. The number of rotatable bonds is 2. The first-order valence-electron chi connectivity index (χ1n) is 6.19. The van der Waals surface area contributed by atoms with Crippen molar-refractivity contribution >= 4 is 5.78 Å². The molecule has 0 aromatic carbocycles. The Morgan fingerprint density at radius 3 is 2.87 bits per heavy atom. The van der Waals surface area contributed by atoms with E-state index in [9.17, 15) is 9.90 Å². The second kappa shape index (κ2) is 5.08. The number of hydrogen-bond acceptors (Lipinski definition) is 3. The normalized spacial score (nSPS) is 34.3. The highest BCUT2D eigenvalue weighted by molar-refractivity contribution is 5.79. The second-order valence-electron chi connectivity index (χ2n) is 4.86. The topological polar surface area (TPSA) is 40.5 Å². The SMILES string of the molecule is O=C1CCCC(N2CCCCC2CO)C1. The monoisotopic (exact) mass is 211 g/mol. The molecule has 0 spiro atoms. The lowest BCUT2D eigenvalue weighted by atomic mass is 9.90. The van der Waals surface area contributed by atoms with E-state index in [-0.39, 0.29) is 6.61 Å². The van der Waals surface area contributed by atoms with E-state index in [4.69, 9.17) is 0 Å². The Morgan fingerprint density at radius 1 is 1.27 bits per heavy atom. The Bertz CT molecular complexity index is 230. The molecule has 1 heterocycles. The molecule has 2 unspecified atom stereocenters. The van der Waals surface area contributed by atoms with Gasteiger partial charge in [0.2, 0.25) is 0 Å². The van der Waals surface area contributed by atoms with Gasteiger partial charge in [-0.15, -0.1) is 0 Å². The van der Waals surface area contributed by atoms with Gasteiger partial charge in [-0.2, -0.15) is 0 Å². The molecule has 1 saturated heterocycles. The molecule has 2 fully saturated rings. The van der Waals surface area contributed by atoms with Crippen molar-refractivity contribution in [2.45, 2.75) is 57.0 Å². The summed E-state index contributed by atoms with van der Waals surface area (Å²) in [6.07, 6.45) is 7.22. The zero-order chi connectivity index (χ0) is 10.7. The standard InChI is InChI=1S/C12H21NO2/c14-9-11-4-1-2-7-13(11)10-5-3-6-12(15)8-10/h10-11,14H,1-9H2. The van der Waals surface area contributed by atoms with Gasteiger partial charge < -0.3 is 5.11 Å². The van der Waals surface area contributed by atoms with Gasteiger partial charge in [0, 0.05) is 24.9 Å². The van der Waals surface area contributed by atoms with Gasteiger partial charge in [0.1, 0.15) is 5.78 Å². The van der Waals surface area contributed by atoms with Gasteiger partial charge >= 0.3 is 0 Å². The molecular formula is C12H21NO2. The highest BCUT2D eigenvalue weighted by Gasteiger charge is 2.31. The zero-order valence-electron chi connectivity index (χ0n) is 9.32. The number of piperidine rings is 1. The summed E-state index contributed by atoms with van der Waals surface area (Å²) in [5.74, 6) is 0.411. The second-order valence-corrected chi connectivity index (χ2v) is 4.86. The zero-order valence-corrected chi connectivity index (χ0v) is 9.32. The largest absolute Gasteiger partial charge is 0.395 e. The first-order valence-corrected chi connectivity index (χ1v) is 6.19. The summed E-state index contributed by atoms with van der Waals surface area (Å²) in [5.41, 5.74) is 0. The minimum atomic E-state index is 0.255. The summed E-state index contributed by atoms with van der Waals surface area (Å²) in [4.78, 5) is 13.8. The maximum Gasteiger partial charge on any atom is 0.134 e. The molecule has 3 heteroatoms. The number of aliphatic hydroxyl groups excluding tert-OH is 1. The third-order valence-electron chi connectivity index (χ3n) is 3.81. The van der Waals surface area contributed by atoms with Gasteiger partial charge in [-0.1, -0.05) is 6.42 Å². The van der Waals surface area contributed by atoms with E-state index in [1.165, 1.54) is 12.8 Å². The van der Waals surface area contributed by atoms with Gasteiger partial charge in [-0.05, 0) is 32.2 Å². The number of carbonyl (C=O) groups excluding carboxylic acids is 1. The first kappa shape index (κ1) is 11.1. The van der Waals surface area contributed by atoms with Crippen LogP contribution in [0.4, 0.5) is 0 Å². The number of hydrogen-bond donors (Lipinski definition) is 1. The third-order valence-corrected chi connectivity index (χ3v) is 3.81. The average molecular weight is 211 g/mol. The molecule has 2 atom stereocenters. The summed E-state index contributed by atoms with van der Waals surface area (Å²) >= 11 is 0. The predicted molar refractivity (Wildman–Crippen MR) is 58.7 cm³/mol. The molecule has 2 rings (SSSR count). The van der Waals surface area contributed by atoms with Crippen molar-refractivity contribution in [2.75, 3.05) is 13.2 Å². The van der Waals surface area contributed by atoms with Crippen LogP contribution in [0.3, 0.4) is 0 Å². The van der Waals surface area contributed by atoms with Gasteiger partial charge in [0.05, 0.1) is 6.61 Å². The molecular weight excluding hydrogens is 190 g/mol. The summed E-state index contributed by atoms with van der Waals surface area (Å²) in [5, 5.41) is 9.33. The average Bonchev–Trinajstić information content (AvgIpc) is 2.29. The maximum atomic E-state index is 11.4. The molecule has 0 radical (unpaired) electrons. The molecule has 1 aliphatic heterocycles. The van der Waals surface area contributed by atoms with Crippen LogP contribution in [0, 0.1) is 0 Å². The van der Waals surface area contributed by atoms with E-state index in [1.807, 2.05) is 0 Å². The van der Waals surface area contributed by atoms with Gasteiger partial charge in [-0.25, -0.2) is 0 Å². The van der Waals surface area contributed by atoms with E-state index in [0.717, 1.165) is 38.6 Å².